The average molecular weight is 532 g/mol. The lowest BCUT2D eigenvalue weighted by molar-refractivity contribution is -0.140. The highest BCUT2D eigenvalue weighted by atomic mass is 32.1. The van der Waals surface area contributed by atoms with E-state index < -0.39 is 12.1 Å². The Morgan fingerprint density at radius 2 is 1.71 bits per heavy atom. The fraction of sp³-hybridized carbons (Fsp3) is 0.290. The lowest BCUT2D eigenvalue weighted by atomic mass is 10.0. The molecule has 1 heterocycles. The number of rotatable bonds is 12. The summed E-state index contributed by atoms with van der Waals surface area (Å²) in [4.78, 5) is 27.1. The SMILES string of the molecule is CCCOc1ccc2cc(C(=O)N(C)Cc3csc(-c4ccc([C@H](CC(=O)O)OCC)cc4)c3)ccc2c1. The molecule has 4 rings (SSSR count). The number of nitrogens with zero attached hydrogens (tertiary/aromatic N) is 1. The molecule has 1 N–H and O–H groups in total. The van der Waals surface area contributed by atoms with Gasteiger partial charge in [-0.1, -0.05) is 43.3 Å². The molecule has 0 fully saturated rings. The van der Waals surface area contributed by atoms with Crippen LogP contribution in [0.3, 0.4) is 0 Å². The van der Waals surface area contributed by atoms with Crippen LogP contribution in [0.25, 0.3) is 21.2 Å². The number of carbonyl (C=O) groups excluding carboxylic acids is 1. The number of carboxylic acids is 1. The van der Waals surface area contributed by atoms with Crippen molar-refractivity contribution in [3.05, 3.63) is 88.8 Å². The van der Waals surface area contributed by atoms with Crippen molar-refractivity contribution < 1.29 is 24.2 Å². The summed E-state index contributed by atoms with van der Waals surface area (Å²) in [7, 11) is 1.82. The van der Waals surface area contributed by atoms with Gasteiger partial charge in [0.25, 0.3) is 5.91 Å². The van der Waals surface area contributed by atoms with E-state index in [1.165, 1.54) is 0 Å². The summed E-state index contributed by atoms with van der Waals surface area (Å²) in [5, 5.41) is 13.3. The van der Waals surface area contributed by atoms with E-state index in [0.717, 1.165) is 44.5 Å². The van der Waals surface area contributed by atoms with Gasteiger partial charge in [-0.25, -0.2) is 0 Å². The third kappa shape index (κ3) is 6.79. The Kier molecular flexibility index (Phi) is 9.15. The number of aliphatic carboxylic acids is 1. The number of hydrogen-bond acceptors (Lipinski definition) is 5. The predicted molar refractivity (Wildman–Crippen MR) is 152 cm³/mol. The summed E-state index contributed by atoms with van der Waals surface area (Å²) in [6.45, 7) is 5.57. The number of thiophene rings is 1. The number of ether oxygens (including phenoxy) is 2. The van der Waals surface area contributed by atoms with Crippen molar-refractivity contribution in [2.75, 3.05) is 20.3 Å². The first-order valence-corrected chi connectivity index (χ1v) is 13.7. The molecule has 0 aliphatic rings. The summed E-state index contributed by atoms with van der Waals surface area (Å²) >= 11 is 1.62. The zero-order valence-electron chi connectivity index (χ0n) is 22.0. The Balaban J connectivity index is 1.42. The molecule has 6 nitrogen and oxygen atoms in total. The number of fused-ring (bicyclic) bond motifs is 1. The van der Waals surface area contributed by atoms with Crippen molar-refractivity contribution in [1.82, 2.24) is 4.90 Å². The Labute approximate surface area is 227 Å². The van der Waals surface area contributed by atoms with Crippen LogP contribution in [0, 0.1) is 0 Å². The summed E-state index contributed by atoms with van der Waals surface area (Å²) in [5.41, 5.74) is 3.60. The smallest absolute Gasteiger partial charge is 0.306 e. The van der Waals surface area contributed by atoms with Gasteiger partial charge in [0.2, 0.25) is 0 Å². The summed E-state index contributed by atoms with van der Waals surface area (Å²) in [6.07, 6.45) is 0.429. The van der Waals surface area contributed by atoms with Crippen LogP contribution < -0.4 is 4.74 Å². The second-order valence-corrected chi connectivity index (χ2v) is 10.1. The van der Waals surface area contributed by atoms with Crippen molar-refractivity contribution in [3.8, 4) is 16.2 Å². The van der Waals surface area contributed by atoms with Crippen LogP contribution in [-0.4, -0.2) is 42.1 Å². The highest BCUT2D eigenvalue weighted by Crippen LogP contribution is 2.30. The monoisotopic (exact) mass is 531 g/mol. The summed E-state index contributed by atoms with van der Waals surface area (Å²) < 4.78 is 11.3. The van der Waals surface area contributed by atoms with E-state index >= 15 is 0 Å². The number of amides is 1. The molecule has 1 amide bonds. The fourth-order valence-corrected chi connectivity index (χ4v) is 5.25. The molecular formula is C31H33NO5S. The van der Waals surface area contributed by atoms with Gasteiger partial charge in [0.05, 0.1) is 19.1 Å². The summed E-state index contributed by atoms with van der Waals surface area (Å²) in [6, 6.07) is 21.6. The van der Waals surface area contributed by atoms with E-state index in [2.05, 4.69) is 18.4 Å². The molecule has 0 saturated carbocycles. The first-order valence-electron chi connectivity index (χ1n) is 12.8. The lowest BCUT2D eigenvalue weighted by Crippen LogP contribution is -2.25. The Morgan fingerprint density at radius 1 is 0.974 bits per heavy atom. The molecule has 0 unspecified atom stereocenters. The van der Waals surface area contributed by atoms with Gasteiger partial charge in [-0.05, 0) is 76.5 Å². The van der Waals surface area contributed by atoms with E-state index in [1.54, 1.807) is 16.2 Å². The maximum atomic E-state index is 13.2. The van der Waals surface area contributed by atoms with E-state index in [1.807, 2.05) is 74.6 Å². The molecule has 1 aromatic heterocycles. The van der Waals surface area contributed by atoms with Crippen LogP contribution in [-0.2, 0) is 16.1 Å². The Morgan fingerprint density at radius 3 is 2.42 bits per heavy atom. The first-order chi connectivity index (χ1) is 18.4. The Bertz CT molecular complexity index is 1400. The minimum absolute atomic E-state index is 0.0318. The molecular weight excluding hydrogens is 498 g/mol. The molecule has 3 aromatic carbocycles. The van der Waals surface area contributed by atoms with Crippen LogP contribution in [0.2, 0.25) is 0 Å². The molecule has 198 valence electrons. The third-order valence-corrected chi connectivity index (χ3v) is 7.27. The second-order valence-electron chi connectivity index (χ2n) is 9.22. The molecule has 7 heteroatoms. The minimum Gasteiger partial charge on any atom is -0.494 e. The van der Waals surface area contributed by atoms with Crippen LogP contribution in [0.15, 0.2) is 72.1 Å². The molecule has 0 spiro atoms. The largest absolute Gasteiger partial charge is 0.494 e. The number of hydrogen-bond donors (Lipinski definition) is 1. The highest BCUT2D eigenvalue weighted by Gasteiger charge is 2.17. The van der Waals surface area contributed by atoms with Gasteiger partial charge in [-0.3, -0.25) is 9.59 Å². The molecule has 0 bridgehead atoms. The van der Waals surface area contributed by atoms with Crippen molar-refractivity contribution in [1.29, 1.82) is 0 Å². The zero-order chi connectivity index (χ0) is 27.1. The van der Waals surface area contributed by atoms with Crippen molar-refractivity contribution in [2.24, 2.45) is 0 Å². The molecule has 1 atom stereocenters. The van der Waals surface area contributed by atoms with Crippen LogP contribution in [0.5, 0.6) is 5.75 Å². The van der Waals surface area contributed by atoms with Gasteiger partial charge < -0.3 is 19.5 Å². The van der Waals surface area contributed by atoms with Crippen molar-refractivity contribution >= 4 is 34.0 Å². The molecule has 0 aliphatic carbocycles. The van der Waals surface area contributed by atoms with Gasteiger partial charge >= 0.3 is 5.97 Å². The van der Waals surface area contributed by atoms with Crippen molar-refractivity contribution in [3.63, 3.8) is 0 Å². The van der Waals surface area contributed by atoms with Crippen molar-refractivity contribution in [2.45, 2.75) is 39.3 Å². The van der Waals surface area contributed by atoms with E-state index in [9.17, 15) is 9.59 Å². The topological polar surface area (TPSA) is 76.1 Å². The predicted octanol–water partition coefficient (Wildman–Crippen LogP) is 7.18. The van der Waals surface area contributed by atoms with Gasteiger partial charge in [-0.2, -0.15) is 0 Å². The number of carbonyl (C=O) groups is 2. The molecule has 0 aliphatic heterocycles. The van der Waals surface area contributed by atoms with Crippen LogP contribution in [0.1, 0.15) is 54.3 Å². The third-order valence-electron chi connectivity index (χ3n) is 6.25. The minimum atomic E-state index is -0.885. The normalized spacial score (nSPS) is 11.9. The highest BCUT2D eigenvalue weighted by molar-refractivity contribution is 7.13. The number of benzene rings is 3. The maximum Gasteiger partial charge on any atom is 0.306 e. The maximum absolute atomic E-state index is 13.2. The quantitative estimate of drug-likeness (QED) is 0.210. The molecule has 0 saturated heterocycles. The van der Waals surface area contributed by atoms with Crippen LogP contribution in [0.4, 0.5) is 0 Å². The first kappa shape index (κ1) is 27.4. The number of carboxylic acid groups (broad SMARTS) is 1. The molecule has 4 aromatic rings. The van der Waals surface area contributed by atoms with Gasteiger partial charge in [-0.15, -0.1) is 11.3 Å². The fourth-order valence-electron chi connectivity index (χ4n) is 4.34. The second kappa shape index (κ2) is 12.7. The zero-order valence-corrected chi connectivity index (χ0v) is 22.8. The van der Waals surface area contributed by atoms with Crippen LogP contribution >= 0.6 is 11.3 Å². The van der Waals surface area contributed by atoms with E-state index in [0.29, 0.717) is 25.3 Å². The standard InChI is InChI=1S/C31H33NO5S/c1-4-14-37-27-13-12-24-16-26(11-10-25(24)17-27)31(35)32(3)19-21-15-29(38-20-21)23-8-6-22(7-9-23)28(36-5-2)18-30(33)34/h6-13,15-17,20,28H,4-5,14,18-19H2,1-3H3,(H,33,34)/t28-/m0/s1. The van der Waals surface area contributed by atoms with Gasteiger partial charge in [0.1, 0.15) is 5.75 Å². The Hall–Kier alpha value is -3.68. The summed E-state index contributed by atoms with van der Waals surface area (Å²) in [5.74, 6) is -0.0764. The van der Waals surface area contributed by atoms with E-state index in [4.69, 9.17) is 14.6 Å². The van der Waals surface area contributed by atoms with Gasteiger partial charge in [0, 0.05) is 30.6 Å². The molecule has 38 heavy (non-hydrogen) atoms. The lowest BCUT2D eigenvalue weighted by Gasteiger charge is -2.17. The van der Waals surface area contributed by atoms with Gasteiger partial charge in [0.15, 0.2) is 0 Å². The molecule has 0 radical (unpaired) electrons. The van der Waals surface area contributed by atoms with E-state index in [-0.39, 0.29) is 12.3 Å². The average Bonchev–Trinajstić information content (AvgIpc) is 3.39.